The van der Waals surface area contributed by atoms with E-state index in [4.69, 9.17) is 0 Å². The Bertz CT molecular complexity index is 236. The van der Waals surface area contributed by atoms with E-state index in [9.17, 15) is 5.11 Å². The maximum atomic E-state index is 10.2. The van der Waals surface area contributed by atoms with Gasteiger partial charge in [-0.1, -0.05) is 32.8 Å². The lowest BCUT2D eigenvalue weighted by molar-refractivity contribution is 0.0435. The quantitative estimate of drug-likeness (QED) is 0.713. The number of aliphatic hydroxyl groups excluding tert-OH is 1. The summed E-state index contributed by atoms with van der Waals surface area (Å²) >= 11 is 0. The van der Waals surface area contributed by atoms with Crippen LogP contribution in [0.4, 0.5) is 0 Å². The molecule has 16 heavy (non-hydrogen) atoms. The summed E-state index contributed by atoms with van der Waals surface area (Å²) in [6.45, 7) is 12.9. The van der Waals surface area contributed by atoms with E-state index in [0.717, 1.165) is 17.9 Å². The zero-order valence-electron chi connectivity index (χ0n) is 11.4. The van der Waals surface area contributed by atoms with Crippen molar-refractivity contribution in [1.29, 1.82) is 0 Å². The second-order valence-corrected chi connectivity index (χ2v) is 6.72. The van der Waals surface area contributed by atoms with Gasteiger partial charge in [0.15, 0.2) is 0 Å². The van der Waals surface area contributed by atoms with Crippen LogP contribution < -0.4 is 0 Å². The van der Waals surface area contributed by atoms with Gasteiger partial charge in [0, 0.05) is 0 Å². The van der Waals surface area contributed by atoms with Gasteiger partial charge in [0.2, 0.25) is 0 Å². The van der Waals surface area contributed by atoms with Gasteiger partial charge in [-0.15, -0.1) is 6.58 Å². The van der Waals surface area contributed by atoms with Crippen molar-refractivity contribution < 1.29 is 5.11 Å². The Kier molecular flexibility index (Phi) is 4.61. The van der Waals surface area contributed by atoms with Gasteiger partial charge in [0.1, 0.15) is 0 Å². The van der Waals surface area contributed by atoms with E-state index in [1.807, 2.05) is 6.92 Å². The molecule has 0 heterocycles. The normalized spacial score (nSPS) is 28.8. The zero-order valence-corrected chi connectivity index (χ0v) is 11.4. The molecule has 1 saturated carbocycles. The van der Waals surface area contributed by atoms with E-state index in [-0.39, 0.29) is 6.10 Å². The summed E-state index contributed by atoms with van der Waals surface area (Å²) in [5.74, 6) is 1.26. The Labute approximate surface area is 101 Å². The van der Waals surface area contributed by atoms with Gasteiger partial charge in [-0.2, -0.15) is 0 Å². The monoisotopic (exact) mass is 224 g/mol. The van der Waals surface area contributed by atoms with Gasteiger partial charge in [0.05, 0.1) is 6.10 Å². The Hall–Kier alpha value is -0.300. The second-order valence-electron chi connectivity index (χ2n) is 6.72. The SMILES string of the molecule is C=C(C)CC(O)C1CCCC(C(C)(C)C)C1. The third-order valence-corrected chi connectivity index (χ3v) is 4.04. The molecule has 3 unspecified atom stereocenters. The predicted molar refractivity (Wildman–Crippen MR) is 70.3 cm³/mol. The molecule has 1 N–H and O–H groups in total. The fourth-order valence-corrected chi connectivity index (χ4v) is 2.89. The van der Waals surface area contributed by atoms with Crippen molar-refractivity contribution in [2.45, 2.75) is 65.9 Å². The third kappa shape index (κ3) is 3.93. The Morgan fingerprint density at radius 3 is 2.50 bits per heavy atom. The van der Waals surface area contributed by atoms with Crippen LogP contribution in [-0.4, -0.2) is 11.2 Å². The van der Waals surface area contributed by atoms with Crippen LogP contribution in [0.15, 0.2) is 12.2 Å². The first-order chi connectivity index (χ1) is 7.30. The molecule has 0 aliphatic heterocycles. The minimum atomic E-state index is -0.164. The van der Waals surface area contributed by atoms with Crippen LogP contribution in [0.1, 0.15) is 59.8 Å². The van der Waals surface area contributed by atoms with E-state index in [0.29, 0.717) is 11.3 Å². The van der Waals surface area contributed by atoms with Crippen LogP contribution in [0, 0.1) is 17.3 Å². The first-order valence-corrected chi connectivity index (χ1v) is 6.63. The van der Waals surface area contributed by atoms with Crippen molar-refractivity contribution in [2.24, 2.45) is 17.3 Å². The molecular formula is C15H28O. The average Bonchev–Trinajstić information content (AvgIpc) is 2.15. The molecule has 0 radical (unpaired) electrons. The maximum absolute atomic E-state index is 10.2. The number of rotatable bonds is 3. The first-order valence-electron chi connectivity index (χ1n) is 6.63. The van der Waals surface area contributed by atoms with Crippen LogP contribution in [-0.2, 0) is 0 Å². The van der Waals surface area contributed by atoms with E-state index >= 15 is 0 Å². The summed E-state index contributed by atoms with van der Waals surface area (Å²) in [5.41, 5.74) is 1.49. The van der Waals surface area contributed by atoms with Gasteiger partial charge in [-0.25, -0.2) is 0 Å². The number of hydrogen-bond donors (Lipinski definition) is 1. The Morgan fingerprint density at radius 2 is 2.00 bits per heavy atom. The van der Waals surface area contributed by atoms with Gasteiger partial charge in [0.25, 0.3) is 0 Å². The van der Waals surface area contributed by atoms with Gasteiger partial charge >= 0.3 is 0 Å². The van der Waals surface area contributed by atoms with Crippen molar-refractivity contribution in [3.63, 3.8) is 0 Å². The molecule has 1 aliphatic carbocycles. The molecule has 3 atom stereocenters. The Morgan fingerprint density at radius 1 is 1.38 bits per heavy atom. The van der Waals surface area contributed by atoms with Gasteiger partial charge < -0.3 is 5.11 Å². The summed E-state index contributed by atoms with van der Waals surface area (Å²) in [6, 6.07) is 0. The molecule has 1 nitrogen and oxygen atoms in total. The highest BCUT2D eigenvalue weighted by molar-refractivity contribution is 4.94. The third-order valence-electron chi connectivity index (χ3n) is 4.04. The minimum Gasteiger partial charge on any atom is -0.393 e. The standard InChI is InChI=1S/C15H28O/c1-11(2)9-14(16)12-7-6-8-13(10-12)15(3,4)5/h12-14,16H,1,6-10H2,2-5H3. The minimum absolute atomic E-state index is 0.164. The summed E-state index contributed by atoms with van der Waals surface area (Å²) in [7, 11) is 0. The van der Waals surface area contributed by atoms with E-state index in [2.05, 4.69) is 27.4 Å². The summed E-state index contributed by atoms with van der Waals surface area (Å²) in [5, 5.41) is 10.2. The van der Waals surface area contributed by atoms with E-state index < -0.39 is 0 Å². The molecule has 94 valence electrons. The molecule has 0 spiro atoms. The van der Waals surface area contributed by atoms with Crippen LogP contribution >= 0.6 is 0 Å². The Balaban J connectivity index is 2.53. The number of hydrogen-bond acceptors (Lipinski definition) is 1. The predicted octanol–water partition coefficient (Wildman–Crippen LogP) is 4.17. The fraction of sp³-hybridized carbons (Fsp3) is 0.867. The molecule has 0 saturated heterocycles. The lowest BCUT2D eigenvalue weighted by Gasteiger charge is -2.39. The highest BCUT2D eigenvalue weighted by atomic mass is 16.3. The smallest absolute Gasteiger partial charge is 0.0605 e. The van der Waals surface area contributed by atoms with Crippen molar-refractivity contribution in [2.75, 3.05) is 0 Å². The molecule has 1 aliphatic rings. The summed E-state index contributed by atoms with van der Waals surface area (Å²) < 4.78 is 0. The molecule has 1 fully saturated rings. The molecular weight excluding hydrogens is 196 g/mol. The van der Waals surface area contributed by atoms with Crippen LogP contribution in [0.3, 0.4) is 0 Å². The highest BCUT2D eigenvalue weighted by Crippen LogP contribution is 2.41. The highest BCUT2D eigenvalue weighted by Gasteiger charge is 2.33. The lowest BCUT2D eigenvalue weighted by Crippen LogP contribution is -2.32. The fourth-order valence-electron chi connectivity index (χ4n) is 2.89. The second kappa shape index (κ2) is 5.35. The van der Waals surface area contributed by atoms with Crippen LogP contribution in [0.5, 0.6) is 0 Å². The number of aliphatic hydroxyl groups is 1. The average molecular weight is 224 g/mol. The lowest BCUT2D eigenvalue weighted by atomic mass is 9.67. The van der Waals surface area contributed by atoms with Crippen molar-refractivity contribution in [1.82, 2.24) is 0 Å². The molecule has 1 rings (SSSR count). The molecule has 0 aromatic carbocycles. The van der Waals surface area contributed by atoms with Crippen molar-refractivity contribution in [3.8, 4) is 0 Å². The topological polar surface area (TPSA) is 20.2 Å². The molecule has 0 amide bonds. The van der Waals surface area contributed by atoms with Gasteiger partial charge in [-0.3, -0.25) is 0 Å². The first kappa shape index (κ1) is 13.8. The molecule has 0 aromatic heterocycles. The van der Waals surface area contributed by atoms with E-state index in [1.54, 1.807) is 0 Å². The summed E-state index contributed by atoms with van der Waals surface area (Å²) in [4.78, 5) is 0. The van der Waals surface area contributed by atoms with Gasteiger partial charge in [-0.05, 0) is 49.9 Å². The zero-order chi connectivity index (χ0) is 12.3. The maximum Gasteiger partial charge on any atom is 0.0605 e. The van der Waals surface area contributed by atoms with E-state index in [1.165, 1.54) is 25.7 Å². The summed E-state index contributed by atoms with van der Waals surface area (Å²) in [6.07, 6.45) is 5.61. The van der Waals surface area contributed by atoms with Crippen molar-refractivity contribution in [3.05, 3.63) is 12.2 Å². The molecule has 0 aromatic rings. The van der Waals surface area contributed by atoms with Crippen molar-refractivity contribution >= 4 is 0 Å². The van der Waals surface area contributed by atoms with Crippen LogP contribution in [0.25, 0.3) is 0 Å². The largest absolute Gasteiger partial charge is 0.393 e. The molecule has 1 heteroatoms. The van der Waals surface area contributed by atoms with Crippen LogP contribution in [0.2, 0.25) is 0 Å². The molecule has 0 bridgehead atoms.